The Morgan fingerprint density at radius 1 is 0.968 bits per heavy atom. The third kappa shape index (κ3) is 3.71. The molecule has 2 aliphatic rings. The normalized spacial score (nSPS) is 19.7. The van der Waals surface area contributed by atoms with Crippen LogP contribution in [0.15, 0.2) is 78.9 Å². The number of methoxy groups -OCH3 is 1. The largest absolute Gasteiger partial charge is 0.497 e. The Hall–Kier alpha value is -3.15. The van der Waals surface area contributed by atoms with Crippen LogP contribution in [0.5, 0.6) is 5.75 Å². The summed E-state index contributed by atoms with van der Waals surface area (Å²) in [6.07, 6.45) is 1.36. The zero-order valence-electron chi connectivity index (χ0n) is 17.5. The summed E-state index contributed by atoms with van der Waals surface area (Å²) in [7, 11) is 1.69. The molecule has 1 unspecified atom stereocenters. The number of rotatable bonds is 4. The standard InChI is InChI=1S/C26H25NO4/c1-29-21-12-13-22-23(18-21)26(30-24(22)19-8-4-2-5-9-19)14-16-27(17-15-26)31-25(28)20-10-6-3-7-11-20/h2-13,18,24H,14-17H2,1H3. The number of hydrogen-bond donors (Lipinski definition) is 0. The van der Waals surface area contributed by atoms with Gasteiger partial charge in [0, 0.05) is 13.1 Å². The lowest BCUT2D eigenvalue weighted by Gasteiger charge is -2.38. The minimum absolute atomic E-state index is 0.111. The monoisotopic (exact) mass is 415 g/mol. The number of piperidine rings is 1. The molecule has 1 fully saturated rings. The Morgan fingerprint density at radius 2 is 1.65 bits per heavy atom. The molecular formula is C26H25NO4. The first kappa shape index (κ1) is 19.8. The average molecular weight is 415 g/mol. The highest BCUT2D eigenvalue weighted by Gasteiger charge is 2.48. The van der Waals surface area contributed by atoms with Crippen LogP contribution in [-0.2, 0) is 15.2 Å². The van der Waals surface area contributed by atoms with E-state index in [1.165, 1.54) is 11.1 Å². The van der Waals surface area contributed by atoms with Gasteiger partial charge in [-0.25, -0.2) is 4.79 Å². The van der Waals surface area contributed by atoms with Gasteiger partial charge in [-0.2, -0.15) is 0 Å². The summed E-state index contributed by atoms with van der Waals surface area (Å²) in [6.45, 7) is 1.22. The molecule has 5 nitrogen and oxygen atoms in total. The van der Waals surface area contributed by atoms with Crippen molar-refractivity contribution >= 4 is 5.97 Å². The molecule has 2 heterocycles. The molecule has 0 aliphatic carbocycles. The number of hydroxylamine groups is 2. The highest BCUT2D eigenvalue weighted by molar-refractivity contribution is 5.89. The number of carbonyl (C=O) groups excluding carboxylic acids is 1. The molecule has 0 aromatic heterocycles. The van der Waals surface area contributed by atoms with Crippen molar-refractivity contribution in [2.45, 2.75) is 24.5 Å². The van der Waals surface area contributed by atoms with Gasteiger partial charge in [-0.05, 0) is 53.8 Å². The summed E-state index contributed by atoms with van der Waals surface area (Å²) >= 11 is 0. The minimum Gasteiger partial charge on any atom is -0.497 e. The molecule has 0 saturated carbocycles. The van der Waals surface area contributed by atoms with Gasteiger partial charge < -0.3 is 14.3 Å². The first-order valence-electron chi connectivity index (χ1n) is 10.6. The fourth-order valence-corrected chi connectivity index (χ4v) is 4.58. The van der Waals surface area contributed by atoms with Crippen LogP contribution in [0.3, 0.4) is 0 Å². The van der Waals surface area contributed by atoms with E-state index in [-0.39, 0.29) is 12.1 Å². The molecule has 1 atom stereocenters. The van der Waals surface area contributed by atoms with Gasteiger partial charge in [0.15, 0.2) is 0 Å². The molecule has 3 aromatic carbocycles. The number of benzene rings is 3. The number of fused-ring (bicyclic) bond motifs is 2. The maximum atomic E-state index is 12.4. The summed E-state index contributed by atoms with van der Waals surface area (Å²) in [5.74, 6) is 0.501. The smallest absolute Gasteiger partial charge is 0.357 e. The molecule has 0 radical (unpaired) electrons. The Kier molecular flexibility index (Phi) is 5.22. The first-order valence-corrected chi connectivity index (χ1v) is 10.6. The van der Waals surface area contributed by atoms with Crippen molar-refractivity contribution in [3.05, 3.63) is 101 Å². The molecule has 0 amide bonds. The van der Waals surface area contributed by atoms with Crippen LogP contribution >= 0.6 is 0 Å². The van der Waals surface area contributed by atoms with Crippen molar-refractivity contribution in [3.63, 3.8) is 0 Å². The van der Waals surface area contributed by atoms with E-state index >= 15 is 0 Å². The van der Waals surface area contributed by atoms with Crippen molar-refractivity contribution in [2.75, 3.05) is 20.2 Å². The molecular weight excluding hydrogens is 390 g/mol. The van der Waals surface area contributed by atoms with Gasteiger partial charge in [0.25, 0.3) is 0 Å². The van der Waals surface area contributed by atoms with E-state index in [0.717, 1.165) is 24.2 Å². The van der Waals surface area contributed by atoms with E-state index in [0.29, 0.717) is 18.7 Å². The van der Waals surface area contributed by atoms with Crippen molar-refractivity contribution in [3.8, 4) is 5.75 Å². The lowest BCUT2D eigenvalue weighted by molar-refractivity contribution is -0.173. The third-order valence-electron chi connectivity index (χ3n) is 6.23. The molecule has 1 saturated heterocycles. The van der Waals surface area contributed by atoms with E-state index in [1.807, 2.05) is 42.5 Å². The summed E-state index contributed by atoms with van der Waals surface area (Å²) in [6, 6.07) is 25.6. The SMILES string of the molecule is COc1ccc2c(c1)C1(CCN(OC(=O)c3ccccc3)CC1)OC2c1ccccc1. The van der Waals surface area contributed by atoms with Gasteiger partial charge in [-0.15, -0.1) is 5.06 Å². The predicted octanol–water partition coefficient (Wildman–Crippen LogP) is 4.88. The summed E-state index contributed by atoms with van der Waals surface area (Å²) in [4.78, 5) is 18.1. The molecule has 158 valence electrons. The second-order valence-electron chi connectivity index (χ2n) is 8.03. The molecule has 3 aromatic rings. The Labute approximate surface area is 182 Å². The van der Waals surface area contributed by atoms with Gasteiger partial charge in [0.05, 0.1) is 18.3 Å². The number of carbonyl (C=O) groups is 1. The quantitative estimate of drug-likeness (QED) is 0.608. The Morgan fingerprint density at radius 3 is 2.32 bits per heavy atom. The zero-order valence-corrected chi connectivity index (χ0v) is 17.5. The van der Waals surface area contributed by atoms with Crippen LogP contribution in [0.4, 0.5) is 0 Å². The minimum atomic E-state index is -0.417. The van der Waals surface area contributed by atoms with Crippen LogP contribution in [-0.4, -0.2) is 31.2 Å². The van der Waals surface area contributed by atoms with Crippen LogP contribution in [0.2, 0.25) is 0 Å². The second-order valence-corrected chi connectivity index (χ2v) is 8.03. The fourth-order valence-electron chi connectivity index (χ4n) is 4.58. The average Bonchev–Trinajstić information content (AvgIpc) is 3.15. The molecule has 31 heavy (non-hydrogen) atoms. The van der Waals surface area contributed by atoms with Crippen molar-refractivity contribution in [1.29, 1.82) is 0 Å². The van der Waals surface area contributed by atoms with Crippen molar-refractivity contribution in [2.24, 2.45) is 0 Å². The van der Waals surface area contributed by atoms with Crippen LogP contribution in [0.1, 0.15) is 46.0 Å². The van der Waals surface area contributed by atoms with E-state index in [4.69, 9.17) is 14.3 Å². The predicted molar refractivity (Wildman–Crippen MR) is 117 cm³/mol. The Bertz CT molecular complexity index is 1060. The molecule has 0 bridgehead atoms. The Balaban J connectivity index is 1.37. The highest BCUT2D eigenvalue weighted by Crippen LogP contribution is 2.52. The van der Waals surface area contributed by atoms with Crippen LogP contribution in [0.25, 0.3) is 0 Å². The van der Waals surface area contributed by atoms with Crippen LogP contribution < -0.4 is 4.74 Å². The van der Waals surface area contributed by atoms with Crippen LogP contribution in [0, 0.1) is 0 Å². The van der Waals surface area contributed by atoms with Gasteiger partial charge in [-0.3, -0.25) is 0 Å². The fraction of sp³-hybridized carbons (Fsp3) is 0.269. The third-order valence-corrected chi connectivity index (χ3v) is 6.23. The molecule has 2 aliphatic heterocycles. The van der Waals surface area contributed by atoms with E-state index in [9.17, 15) is 4.79 Å². The molecule has 1 spiro atoms. The number of nitrogens with zero attached hydrogens (tertiary/aromatic N) is 1. The second kappa shape index (κ2) is 8.17. The number of ether oxygens (including phenoxy) is 2. The lowest BCUT2D eigenvalue weighted by atomic mass is 9.83. The van der Waals surface area contributed by atoms with Gasteiger partial charge in [-0.1, -0.05) is 54.6 Å². The van der Waals surface area contributed by atoms with Crippen molar-refractivity contribution in [1.82, 2.24) is 5.06 Å². The van der Waals surface area contributed by atoms with E-state index in [2.05, 4.69) is 24.3 Å². The lowest BCUT2D eigenvalue weighted by Crippen LogP contribution is -2.43. The molecule has 0 N–H and O–H groups in total. The summed E-state index contributed by atoms with van der Waals surface area (Å²) in [5, 5.41) is 1.75. The van der Waals surface area contributed by atoms with E-state index < -0.39 is 5.60 Å². The summed E-state index contributed by atoms with van der Waals surface area (Å²) < 4.78 is 12.3. The molecule has 5 rings (SSSR count). The first-order chi connectivity index (χ1) is 15.2. The van der Waals surface area contributed by atoms with E-state index in [1.54, 1.807) is 24.3 Å². The number of hydrogen-bond acceptors (Lipinski definition) is 5. The maximum absolute atomic E-state index is 12.4. The van der Waals surface area contributed by atoms with Gasteiger partial charge in [0.1, 0.15) is 11.9 Å². The molecule has 5 heteroatoms. The van der Waals surface area contributed by atoms with Gasteiger partial charge in [0.2, 0.25) is 0 Å². The highest BCUT2D eigenvalue weighted by atomic mass is 16.7. The maximum Gasteiger partial charge on any atom is 0.357 e. The van der Waals surface area contributed by atoms with Crippen molar-refractivity contribution < 1.29 is 19.1 Å². The summed E-state index contributed by atoms with van der Waals surface area (Å²) in [5.41, 5.74) is 3.64. The van der Waals surface area contributed by atoms with Gasteiger partial charge >= 0.3 is 5.97 Å². The topological polar surface area (TPSA) is 48.0 Å². The zero-order chi connectivity index (χ0) is 21.3.